The molecule has 1 heterocycles. The second-order valence-corrected chi connectivity index (χ2v) is 6.62. The zero-order valence-corrected chi connectivity index (χ0v) is 16.4. The van der Waals surface area contributed by atoms with Gasteiger partial charge in [0.25, 0.3) is 5.91 Å². The van der Waals surface area contributed by atoms with Crippen LogP contribution in [0.15, 0.2) is 42.0 Å². The molecule has 0 bridgehead atoms. The van der Waals surface area contributed by atoms with Crippen LogP contribution in [0.25, 0.3) is 6.08 Å². The predicted octanol–water partition coefficient (Wildman–Crippen LogP) is 4.18. The van der Waals surface area contributed by atoms with Crippen molar-refractivity contribution in [1.82, 2.24) is 4.90 Å². The normalized spacial score (nSPS) is 12.5. The summed E-state index contributed by atoms with van der Waals surface area (Å²) in [6.07, 6.45) is 1.86. The van der Waals surface area contributed by atoms with Gasteiger partial charge in [-0.25, -0.2) is 0 Å². The third-order valence-electron chi connectivity index (χ3n) is 4.28. The molecule has 27 heavy (non-hydrogen) atoms. The summed E-state index contributed by atoms with van der Waals surface area (Å²) in [6, 6.07) is 11.0. The molecule has 0 saturated carbocycles. The molecule has 0 spiro atoms. The van der Waals surface area contributed by atoms with E-state index in [2.05, 4.69) is 0 Å². The number of rotatable bonds is 6. The van der Waals surface area contributed by atoms with Gasteiger partial charge >= 0.3 is 0 Å². The molecule has 1 aliphatic heterocycles. The monoisotopic (exact) mass is 387 g/mol. The van der Waals surface area contributed by atoms with E-state index >= 15 is 0 Å². The Morgan fingerprint density at radius 3 is 2.81 bits per heavy atom. The minimum atomic E-state index is -0.107. The smallest absolute Gasteiger partial charge is 0.253 e. The number of benzene rings is 2. The van der Waals surface area contributed by atoms with Crippen molar-refractivity contribution in [2.45, 2.75) is 13.5 Å². The van der Waals surface area contributed by atoms with E-state index in [9.17, 15) is 4.79 Å². The SMILES string of the molecule is CCOc1cccc2c1OCC(C(=O)N(C)Cc1cc(Cl)ccc1OC)=C2. The summed E-state index contributed by atoms with van der Waals surface area (Å²) in [4.78, 5) is 14.5. The Hall–Kier alpha value is -2.66. The first-order valence-electron chi connectivity index (χ1n) is 8.70. The average molecular weight is 388 g/mol. The highest BCUT2D eigenvalue weighted by Gasteiger charge is 2.23. The number of halogens is 1. The van der Waals surface area contributed by atoms with Gasteiger partial charge in [-0.05, 0) is 37.3 Å². The molecule has 0 atom stereocenters. The first-order valence-corrected chi connectivity index (χ1v) is 9.08. The maximum Gasteiger partial charge on any atom is 0.253 e. The Bertz CT molecular complexity index is 878. The van der Waals surface area contributed by atoms with Gasteiger partial charge in [0.05, 0.1) is 19.3 Å². The number of fused-ring (bicyclic) bond motifs is 1. The minimum Gasteiger partial charge on any atom is -0.496 e. The number of ether oxygens (including phenoxy) is 3. The van der Waals surface area contributed by atoms with Crippen LogP contribution in [0, 0.1) is 0 Å². The van der Waals surface area contributed by atoms with Crippen LogP contribution >= 0.6 is 11.6 Å². The van der Waals surface area contributed by atoms with Gasteiger partial charge in [-0.2, -0.15) is 0 Å². The van der Waals surface area contributed by atoms with Crippen molar-refractivity contribution in [1.29, 1.82) is 0 Å². The Labute approximate surface area is 164 Å². The molecular weight excluding hydrogens is 366 g/mol. The van der Waals surface area contributed by atoms with Gasteiger partial charge in [0.1, 0.15) is 12.4 Å². The number of para-hydroxylation sites is 1. The van der Waals surface area contributed by atoms with E-state index in [-0.39, 0.29) is 12.5 Å². The number of methoxy groups -OCH3 is 1. The number of hydrogen-bond acceptors (Lipinski definition) is 4. The van der Waals surface area contributed by atoms with Crippen molar-refractivity contribution >= 4 is 23.6 Å². The zero-order chi connectivity index (χ0) is 19.4. The van der Waals surface area contributed by atoms with Crippen LogP contribution in [-0.4, -0.2) is 38.2 Å². The quantitative estimate of drug-likeness (QED) is 0.746. The summed E-state index contributed by atoms with van der Waals surface area (Å²) >= 11 is 6.08. The molecule has 1 aliphatic rings. The molecule has 0 radical (unpaired) electrons. The standard InChI is InChI=1S/C21H22ClNO4/c1-4-26-19-7-5-6-14-10-16(13-27-20(14)19)21(24)23(2)12-15-11-17(22)8-9-18(15)25-3/h5-11H,4,12-13H2,1-3H3. The Kier molecular flexibility index (Phi) is 5.91. The van der Waals surface area contributed by atoms with Crippen LogP contribution in [0.2, 0.25) is 5.02 Å². The maximum absolute atomic E-state index is 12.9. The van der Waals surface area contributed by atoms with Crippen LogP contribution < -0.4 is 14.2 Å². The van der Waals surface area contributed by atoms with Gasteiger partial charge in [0.15, 0.2) is 11.5 Å². The summed E-state index contributed by atoms with van der Waals surface area (Å²) in [5, 5.41) is 0.601. The molecule has 2 aromatic rings. The lowest BCUT2D eigenvalue weighted by molar-refractivity contribution is -0.126. The molecule has 2 aromatic carbocycles. The Morgan fingerprint density at radius 2 is 2.07 bits per heavy atom. The number of nitrogens with zero attached hydrogens (tertiary/aromatic N) is 1. The van der Waals surface area contributed by atoms with E-state index in [0.29, 0.717) is 41.0 Å². The van der Waals surface area contributed by atoms with Crippen molar-refractivity contribution in [3.05, 3.63) is 58.1 Å². The topological polar surface area (TPSA) is 48.0 Å². The van der Waals surface area contributed by atoms with Crippen LogP contribution in [0.4, 0.5) is 0 Å². The van der Waals surface area contributed by atoms with E-state index < -0.39 is 0 Å². The van der Waals surface area contributed by atoms with Gasteiger partial charge in [-0.15, -0.1) is 0 Å². The number of likely N-dealkylation sites (N-methyl/N-ethyl adjacent to an activating group) is 1. The van der Waals surface area contributed by atoms with Crippen molar-refractivity contribution in [3.8, 4) is 17.2 Å². The molecule has 3 rings (SSSR count). The summed E-state index contributed by atoms with van der Waals surface area (Å²) in [5.74, 6) is 1.95. The lowest BCUT2D eigenvalue weighted by Gasteiger charge is -2.24. The zero-order valence-electron chi connectivity index (χ0n) is 15.6. The van der Waals surface area contributed by atoms with E-state index in [1.54, 1.807) is 37.3 Å². The molecule has 0 aromatic heterocycles. The van der Waals surface area contributed by atoms with Crippen molar-refractivity contribution in [2.24, 2.45) is 0 Å². The van der Waals surface area contributed by atoms with Gasteiger partial charge in [0.2, 0.25) is 0 Å². The van der Waals surface area contributed by atoms with Crippen LogP contribution in [0.5, 0.6) is 17.2 Å². The number of hydrogen-bond donors (Lipinski definition) is 0. The molecule has 0 saturated heterocycles. The van der Waals surface area contributed by atoms with E-state index in [4.69, 9.17) is 25.8 Å². The first-order chi connectivity index (χ1) is 13.0. The minimum absolute atomic E-state index is 0.107. The average Bonchev–Trinajstić information content (AvgIpc) is 2.67. The fourth-order valence-electron chi connectivity index (χ4n) is 3.02. The van der Waals surface area contributed by atoms with Gasteiger partial charge in [0, 0.05) is 29.7 Å². The van der Waals surface area contributed by atoms with E-state index in [1.807, 2.05) is 31.2 Å². The molecule has 0 unspecified atom stereocenters. The molecule has 142 valence electrons. The fraction of sp³-hybridized carbons (Fsp3) is 0.286. The number of carbonyl (C=O) groups is 1. The summed E-state index contributed by atoms with van der Waals surface area (Å²) in [5.41, 5.74) is 2.26. The number of amides is 1. The Balaban J connectivity index is 1.80. The molecule has 5 nitrogen and oxygen atoms in total. The largest absolute Gasteiger partial charge is 0.496 e. The summed E-state index contributed by atoms with van der Waals surface area (Å²) in [7, 11) is 3.34. The molecule has 0 N–H and O–H groups in total. The maximum atomic E-state index is 12.9. The molecular formula is C21H22ClNO4. The summed E-state index contributed by atoms with van der Waals surface area (Å²) < 4.78 is 16.8. The van der Waals surface area contributed by atoms with Crippen molar-refractivity contribution in [3.63, 3.8) is 0 Å². The highest BCUT2D eigenvalue weighted by atomic mass is 35.5. The molecule has 0 fully saturated rings. The second kappa shape index (κ2) is 8.35. The van der Waals surface area contributed by atoms with Gasteiger partial charge in [-0.3, -0.25) is 4.79 Å². The van der Waals surface area contributed by atoms with Crippen LogP contribution in [-0.2, 0) is 11.3 Å². The molecule has 0 aliphatic carbocycles. The van der Waals surface area contributed by atoms with Gasteiger partial charge < -0.3 is 19.1 Å². The lowest BCUT2D eigenvalue weighted by atomic mass is 10.1. The third kappa shape index (κ3) is 4.19. The van der Waals surface area contributed by atoms with Gasteiger partial charge in [-0.1, -0.05) is 23.7 Å². The van der Waals surface area contributed by atoms with Crippen LogP contribution in [0.3, 0.4) is 0 Å². The van der Waals surface area contributed by atoms with E-state index in [1.165, 1.54) is 0 Å². The Morgan fingerprint density at radius 1 is 1.26 bits per heavy atom. The lowest BCUT2D eigenvalue weighted by Crippen LogP contribution is -2.30. The molecule has 1 amide bonds. The fourth-order valence-corrected chi connectivity index (χ4v) is 3.21. The van der Waals surface area contributed by atoms with Crippen molar-refractivity contribution in [2.75, 3.05) is 27.4 Å². The summed E-state index contributed by atoms with van der Waals surface area (Å²) in [6.45, 7) is 3.06. The molecule has 6 heteroatoms. The first kappa shape index (κ1) is 19.1. The second-order valence-electron chi connectivity index (χ2n) is 6.18. The predicted molar refractivity (Wildman–Crippen MR) is 106 cm³/mol. The third-order valence-corrected chi connectivity index (χ3v) is 4.52. The van der Waals surface area contributed by atoms with E-state index in [0.717, 1.165) is 11.1 Å². The number of carbonyl (C=O) groups excluding carboxylic acids is 1. The highest BCUT2D eigenvalue weighted by molar-refractivity contribution is 6.30. The van der Waals surface area contributed by atoms with Crippen molar-refractivity contribution < 1.29 is 19.0 Å². The highest BCUT2D eigenvalue weighted by Crippen LogP contribution is 2.36. The van der Waals surface area contributed by atoms with Crippen LogP contribution in [0.1, 0.15) is 18.1 Å².